The van der Waals surface area contributed by atoms with Gasteiger partial charge >= 0.3 is 18.4 Å². The van der Waals surface area contributed by atoms with E-state index < -0.39 is 24.0 Å². The highest BCUT2D eigenvalue weighted by Crippen LogP contribution is 2.56. The van der Waals surface area contributed by atoms with Crippen LogP contribution in [-0.4, -0.2) is 71.5 Å². The third-order valence-electron chi connectivity index (χ3n) is 7.86. The molecule has 2 aromatic heterocycles. The van der Waals surface area contributed by atoms with E-state index in [4.69, 9.17) is 0 Å². The molecule has 0 aromatic carbocycles. The summed E-state index contributed by atoms with van der Waals surface area (Å²) in [4.78, 5) is 22.9. The number of amides is 2. The van der Waals surface area contributed by atoms with Crippen LogP contribution in [-0.2, 0) is 18.9 Å². The summed E-state index contributed by atoms with van der Waals surface area (Å²) in [5.74, 6) is -2.06. The molecular formula is C20H22F6N8O. The molecule has 2 spiro atoms. The Labute approximate surface area is 195 Å². The van der Waals surface area contributed by atoms with E-state index in [-0.39, 0.29) is 35.4 Å². The van der Waals surface area contributed by atoms with Gasteiger partial charge in [-0.05, 0) is 31.6 Å². The Morgan fingerprint density at radius 1 is 0.914 bits per heavy atom. The van der Waals surface area contributed by atoms with Crippen molar-refractivity contribution in [3.8, 4) is 0 Å². The van der Waals surface area contributed by atoms with Gasteiger partial charge in [-0.15, -0.1) is 5.10 Å². The Kier molecular flexibility index (Phi) is 4.58. The first-order valence-corrected chi connectivity index (χ1v) is 11.3. The lowest BCUT2D eigenvalue weighted by molar-refractivity contribution is -0.149. The van der Waals surface area contributed by atoms with Gasteiger partial charge < -0.3 is 9.80 Å². The lowest BCUT2D eigenvalue weighted by Gasteiger charge is -2.63. The number of likely N-dealkylation sites (tertiary alicyclic amines) is 2. The lowest BCUT2D eigenvalue weighted by Crippen LogP contribution is -2.71. The highest BCUT2D eigenvalue weighted by Gasteiger charge is 2.59. The SMILES string of the molecule is O=C(N1CC2(CC(Cn3ncnc3C(F)(F)F)C2)C1)N1CC2(CC(n3cnc(C(F)(F)F)n3)C2)C1. The van der Waals surface area contributed by atoms with E-state index in [2.05, 4.69) is 20.2 Å². The van der Waals surface area contributed by atoms with Crippen LogP contribution in [0.4, 0.5) is 31.1 Å². The Bertz CT molecular complexity index is 1130. The average Bonchev–Trinajstić information content (AvgIpc) is 3.28. The number of aromatic nitrogens is 6. The number of halogens is 6. The van der Waals surface area contributed by atoms with Crippen LogP contribution in [0.25, 0.3) is 0 Å². The number of carbonyl (C=O) groups is 1. The standard InChI is InChI=1S/C20H22F6N8O/c21-19(22,23)14-28-11-34(30-14)13-3-18(4-13)8-32(9-18)16(35)31-6-17(7-31)1-12(2-17)5-33-15(20(24,25)26)27-10-29-33/h10-13H,1-9H2. The summed E-state index contributed by atoms with van der Waals surface area (Å²) in [5, 5.41) is 7.24. The first kappa shape index (κ1) is 22.6. The molecule has 0 atom stereocenters. The van der Waals surface area contributed by atoms with Crippen LogP contribution in [0.3, 0.4) is 0 Å². The van der Waals surface area contributed by atoms with Gasteiger partial charge in [-0.1, -0.05) is 0 Å². The van der Waals surface area contributed by atoms with Crippen molar-refractivity contribution in [1.82, 2.24) is 39.3 Å². The molecule has 2 saturated carbocycles. The monoisotopic (exact) mass is 504 g/mol. The summed E-state index contributed by atoms with van der Waals surface area (Å²) in [7, 11) is 0. The molecule has 0 N–H and O–H groups in total. The van der Waals surface area contributed by atoms with Crippen LogP contribution >= 0.6 is 0 Å². The molecular weight excluding hydrogens is 482 g/mol. The van der Waals surface area contributed by atoms with Crippen molar-refractivity contribution in [3.63, 3.8) is 0 Å². The molecule has 190 valence electrons. The topological polar surface area (TPSA) is 85.0 Å². The second-order valence-corrected chi connectivity index (χ2v) is 10.6. The number of alkyl halides is 6. The molecule has 0 radical (unpaired) electrons. The summed E-state index contributed by atoms with van der Waals surface area (Å²) in [6, 6.07) is -0.193. The number of hydrogen-bond acceptors (Lipinski definition) is 5. The quantitative estimate of drug-likeness (QED) is 0.600. The predicted molar refractivity (Wildman–Crippen MR) is 104 cm³/mol. The summed E-state index contributed by atoms with van der Waals surface area (Å²) in [6.07, 6.45) is -4.26. The van der Waals surface area contributed by atoms with Crippen LogP contribution in [0, 0.1) is 16.7 Å². The summed E-state index contributed by atoms with van der Waals surface area (Å²) in [6.45, 7) is 2.49. The molecule has 6 rings (SSSR count). The van der Waals surface area contributed by atoms with Crippen LogP contribution in [0.1, 0.15) is 43.4 Å². The normalized spacial score (nSPS) is 23.7. The zero-order chi connectivity index (χ0) is 24.8. The second kappa shape index (κ2) is 7.09. The van der Waals surface area contributed by atoms with E-state index in [0.717, 1.165) is 30.2 Å². The molecule has 35 heavy (non-hydrogen) atoms. The average molecular weight is 504 g/mol. The van der Waals surface area contributed by atoms with E-state index >= 15 is 0 Å². The maximum atomic E-state index is 13.0. The minimum Gasteiger partial charge on any atom is -0.323 e. The van der Waals surface area contributed by atoms with Crippen LogP contribution in [0.5, 0.6) is 0 Å². The van der Waals surface area contributed by atoms with Gasteiger partial charge in [-0.3, -0.25) is 0 Å². The van der Waals surface area contributed by atoms with Crippen LogP contribution in [0.2, 0.25) is 0 Å². The Morgan fingerprint density at radius 2 is 1.51 bits per heavy atom. The molecule has 0 unspecified atom stereocenters. The van der Waals surface area contributed by atoms with Gasteiger partial charge in [0.2, 0.25) is 5.82 Å². The minimum atomic E-state index is -4.57. The third-order valence-corrected chi connectivity index (χ3v) is 7.86. The van der Waals surface area contributed by atoms with Crippen molar-refractivity contribution >= 4 is 6.03 Å². The van der Waals surface area contributed by atoms with Crippen molar-refractivity contribution in [3.05, 3.63) is 24.3 Å². The molecule has 4 fully saturated rings. The Morgan fingerprint density at radius 3 is 2.06 bits per heavy atom. The molecule has 2 aliphatic heterocycles. The lowest BCUT2D eigenvalue weighted by atomic mass is 9.57. The summed E-state index contributed by atoms with van der Waals surface area (Å²) < 4.78 is 79.1. The first-order chi connectivity index (χ1) is 16.3. The number of carbonyl (C=O) groups excluding carboxylic acids is 1. The van der Waals surface area contributed by atoms with Crippen molar-refractivity contribution in [2.75, 3.05) is 26.2 Å². The zero-order valence-corrected chi connectivity index (χ0v) is 18.4. The summed E-state index contributed by atoms with van der Waals surface area (Å²) in [5.41, 5.74) is -0.0878. The largest absolute Gasteiger partial charge is 0.453 e. The molecule has 4 heterocycles. The van der Waals surface area contributed by atoms with E-state index in [1.807, 2.05) is 0 Å². The molecule has 9 nitrogen and oxygen atoms in total. The van der Waals surface area contributed by atoms with Crippen molar-refractivity contribution in [1.29, 1.82) is 0 Å². The van der Waals surface area contributed by atoms with Crippen molar-refractivity contribution in [2.45, 2.75) is 50.6 Å². The van der Waals surface area contributed by atoms with E-state index in [1.165, 1.54) is 4.68 Å². The molecule has 15 heteroatoms. The molecule has 2 saturated heterocycles. The highest BCUT2D eigenvalue weighted by atomic mass is 19.4. The van der Waals surface area contributed by atoms with Gasteiger partial charge in [0.1, 0.15) is 12.7 Å². The fourth-order valence-electron chi connectivity index (χ4n) is 6.38. The van der Waals surface area contributed by atoms with Crippen molar-refractivity contribution < 1.29 is 31.1 Å². The van der Waals surface area contributed by atoms with Gasteiger partial charge in [0.25, 0.3) is 5.82 Å². The van der Waals surface area contributed by atoms with E-state index in [9.17, 15) is 31.1 Å². The number of hydrogen-bond donors (Lipinski definition) is 0. The van der Waals surface area contributed by atoms with Gasteiger partial charge in [0, 0.05) is 43.6 Å². The van der Waals surface area contributed by atoms with E-state index in [0.29, 0.717) is 39.0 Å². The van der Waals surface area contributed by atoms with Crippen molar-refractivity contribution in [2.24, 2.45) is 16.7 Å². The number of urea groups is 1. The van der Waals surface area contributed by atoms with Gasteiger partial charge in [-0.25, -0.2) is 24.1 Å². The fraction of sp³-hybridized carbons (Fsp3) is 0.750. The third kappa shape index (κ3) is 3.73. The zero-order valence-electron chi connectivity index (χ0n) is 18.4. The van der Waals surface area contributed by atoms with Crippen LogP contribution < -0.4 is 0 Å². The van der Waals surface area contributed by atoms with Crippen LogP contribution in [0.15, 0.2) is 12.7 Å². The van der Waals surface area contributed by atoms with Gasteiger partial charge in [0.05, 0.1) is 6.04 Å². The molecule has 4 aliphatic rings. The Hall–Kier alpha value is -2.87. The molecule has 2 amide bonds. The highest BCUT2D eigenvalue weighted by molar-refractivity contribution is 5.77. The molecule has 2 aromatic rings. The van der Waals surface area contributed by atoms with Gasteiger partial charge in [0.15, 0.2) is 0 Å². The first-order valence-electron chi connectivity index (χ1n) is 11.3. The minimum absolute atomic E-state index is 0.0211. The number of rotatable bonds is 3. The molecule has 0 bridgehead atoms. The molecule has 2 aliphatic carbocycles. The maximum Gasteiger partial charge on any atom is 0.453 e. The summed E-state index contributed by atoms with van der Waals surface area (Å²) >= 11 is 0. The number of nitrogens with zero attached hydrogens (tertiary/aromatic N) is 8. The predicted octanol–water partition coefficient (Wildman–Crippen LogP) is 3.08. The van der Waals surface area contributed by atoms with E-state index in [1.54, 1.807) is 9.80 Å². The fourth-order valence-corrected chi connectivity index (χ4v) is 6.38. The Balaban J connectivity index is 0.939. The maximum absolute atomic E-state index is 13.0. The smallest absolute Gasteiger partial charge is 0.323 e. The van der Waals surface area contributed by atoms with Gasteiger partial charge in [-0.2, -0.15) is 31.4 Å². The second-order valence-electron chi connectivity index (χ2n) is 10.6.